The summed E-state index contributed by atoms with van der Waals surface area (Å²) < 4.78 is 6.27. The van der Waals surface area contributed by atoms with Crippen LogP contribution < -0.4 is 4.90 Å². The van der Waals surface area contributed by atoms with E-state index in [1.54, 1.807) is 0 Å². The quantitative estimate of drug-likeness (QED) is 0.169. The number of rotatable bonds is 6. The Kier molecular flexibility index (Phi) is 6.53. The van der Waals surface area contributed by atoms with Gasteiger partial charge in [-0.3, -0.25) is 0 Å². The van der Waals surface area contributed by atoms with Gasteiger partial charge in [0.25, 0.3) is 0 Å². The molecule has 1 heterocycles. The van der Waals surface area contributed by atoms with E-state index in [9.17, 15) is 0 Å². The molecule has 1 aromatic heterocycles. The molecule has 0 amide bonds. The molecule has 0 fully saturated rings. The minimum atomic E-state index is 0.944. The smallest absolute Gasteiger partial charge is 0.136 e. The SMILES string of the molecule is c1ccc(-c2ccc(N(c3ccccc3)c3cccc(-c4cccc(-c5ccc6c(c5)c5cccc7oc8cccc6c8c75)c4)c3)cc2)cc1. The Morgan fingerprint density at radius 2 is 0.760 bits per heavy atom. The average molecular weight is 638 g/mol. The van der Waals surface area contributed by atoms with Gasteiger partial charge in [-0.05, 0) is 116 Å². The van der Waals surface area contributed by atoms with Crippen LogP contribution in [0.15, 0.2) is 192 Å². The van der Waals surface area contributed by atoms with Crippen LogP contribution in [0.2, 0.25) is 0 Å². The van der Waals surface area contributed by atoms with Crippen LogP contribution in [0.5, 0.6) is 0 Å². The molecule has 0 aliphatic heterocycles. The maximum atomic E-state index is 6.27. The van der Waals surface area contributed by atoms with Gasteiger partial charge in [0, 0.05) is 27.8 Å². The summed E-state index contributed by atoms with van der Waals surface area (Å²) >= 11 is 0. The van der Waals surface area contributed by atoms with E-state index in [0.29, 0.717) is 0 Å². The molecule has 0 unspecified atom stereocenters. The summed E-state index contributed by atoms with van der Waals surface area (Å²) in [5.74, 6) is 0. The van der Waals surface area contributed by atoms with Crippen LogP contribution in [-0.4, -0.2) is 0 Å². The van der Waals surface area contributed by atoms with E-state index in [1.807, 2.05) is 0 Å². The Labute approximate surface area is 290 Å². The van der Waals surface area contributed by atoms with E-state index in [0.717, 1.165) is 28.2 Å². The highest BCUT2D eigenvalue weighted by molar-refractivity contribution is 6.33. The summed E-state index contributed by atoms with van der Waals surface area (Å²) in [6, 6.07) is 67.4. The second-order valence-electron chi connectivity index (χ2n) is 12.9. The number of fused-ring (bicyclic) bond motifs is 3. The molecule has 0 atom stereocenters. The summed E-state index contributed by atoms with van der Waals surface area (Å²) in [6.07, 6.45) is 0. The first-order chi connectivity index (χ1) is 24.8. The number of para-hydroxylation sites is 1. The molecule has 0 spiro atoms. The minimum absolute atomic E-state index is 0.944. The van der Waals surface area contributed by atoms with Crippen molar-refractivity contribution in [3.8, 4) is 33.4 Å². The molecule has 0 N–H and O–H groups in total. The highest BCUT2D eigenvalue weighted by Gasteiger charge is 2.18. The topological polar surface area (TPSA) is 16.4 Å². The molecule has 50 heavy (non-hydrogen) atoms. The number of nitrogens with zero attached hydrogens (tertiary/aromatic N) is 1. The summed E-state index contributed by atoms with van der Waals surface area (Å²) in [6.45, 7) is 0. The summed E-state index contributed by atoms with van der Waals surface area (Å²) in [7, 11) is 0. The van der Waals surface area contributed by atoms with Crippen molar-refractivity contribution < 1.29 is 4.42 Å². The number of anilines is 3. The van der Waals surface area contributed by atoms with Gasteiger partial charge in [-0.1, -0.05) is 127 Å². The zero-order valence-corrected chi connectivity index (χ0v) is 27.3. The van der Waals surface area contributed by atoms with E-state index < -0.39 is 0 Å². The monoisotopic (exact) mass is 637 g/mol. The lowest BCUT2D eigenvalue weighted by atomic mass is 9.91. The maximum Gasteiger partial charge on any atom is 0.136 e. The van der Waals surface area contributed by atoms with Gasteiger partial charge in [-0.15, -0.1) is 0 Å². The minimum Gasteiger partial charge on any atom is -0.456 e. The molecule has 9 aromatic carbocycles. The molecule has 10 aromatic rings. The first-order valence-corrected chi connectivity index (χ1v) is 17.1. The van der Waals surface area contributed by atoms with E-state index >= 15 is 0 Å². The van der Waals surface area contributed by atoms with Gasteiger partial charge >= 0.3 is 0 Å². The van der Waals surface area contributed by atoms with Crippen LogP contribution in [-0.2, 0) is 0 Å². The summed E-state index contributed by atoms with van der Waals surface area (Å²) in [4.78, 5) is 2.33. The second kappa shape index (κ2) is 11.5. The fourth-order valence-corrected chi connectivity index (χ4v) is 7.66. The van der Waals surface area contributed by atoms with Crippen molar-refractivity contribution in [2.45, 2.75) is 0 Å². The lowest BCUT2D eigenvalue weighted by Gasteiger charge is -2.26. The lowest BCUT2D eigenvalue weighted by Crippen LogP contribution is -2.09. The van der Waals surface area contributed by atoms with Crippen molar-refractivity contribution in [1.82, 2.24) is 0 Å². The molecule has 2 heteroatoms. The number of benzene rings is 9. The Bertz CT molecular complexity index is 2800. The third-order valence-electron chi connectivity index (χ3n) is 10.0. The predicted molar refractivity (Wildman–Crippen MR) is 211 cm³/mol. The molecule has 234 valence electrons. The number of hydrogen-bond donors (Lipinski definition) is 0. The average Bonchev–Trinajstić information content (AvgIpc) is 3.58. The zero-order valence-electron chi connectivity index (χ0n) is 27.3. The molecule has 0 aliphatic rings. The fourth-order valence-electron chi connectivity index (χ4n) is 7.66. The van der Waals surface area contributed by atoms with Gasteiger partial charge in [-0.2, -0.15) is 0 Å². The van der Waals surface area contributed by atoms with Crippen molar-refractivity contribution in [2.24, 2.45) is 0 Å². The van der Waals surface area contributed by atoms with Crippen LogP contribution in [0.3, 0.4) is 0 Å². The van der Waals surface area contributed by atoms with Crippen molar-refractivity contribution >= 4 is 60.5 Å². The maximum absolute atomic E-state index is 6.27. The second-order valence-corrected chi connectivity index (χ2v) is 12.9. The zero-order chi connectivity index (χ0) is 33.0. The van der Waals surface area contributed by atoms with Crippen LogP contribution in [0.4, 0.5) is 17.1 Å². The first kappa shape index (κ1) is 28.4. The van der Waals surface area contributed by atoms with Crippen LogP contribution in [0, 0.1) is 0 Å². The molecule has 0 aliphatic carbocycles. The van der Waals surface area contributed by atoms with Crippen LogP contribution in [0.25, 0.3) is 76.9 Å². The van der Waals surface area contributed by atoms with E-state index in [1.165, 1.54) is 65.7 Å². The third kappa shape index (κ3) is 4.65. The Balaban J connectivity index is 1.05. The molecule has 0 saturated carbocycles. The Morgan fingerprint density at radius 1 is 0.280 bits per heavy atom. The molecular formula is C48H31NO. The van der Waals surface area contributed by atoms with E-state index in [4.69, 9.17) is 4.42 Å². The van der Waals surface area contributed by atoms with Gasteiger partial charge in [0.2, 0.25) is 0 Å². The molecular weight excluding hydrogens is 607 g/mol. The first-order valence-electron chi connectivity index (χ1n) is 17.1. The molecule has 0 radical (unpaired) electrons. The molecule has 0 bridgehead atoms. The Hall–Kier alpha value is -6.64. The van der Waals surface area contributed by atoms with Gasteiger partial charge in [0.05, 0.1) is 0 Å². The fraction of sp³-hybridized carbons (Fsp3) is 0. The number of furan rings is 1. The van der Waals surface area contributed by atoms with Crippen LogP contribution >= 0.6 is 0 Å². The highest BCUT2D eigenvalue weighted by Crippen LogP contribution is 2.44. The molecule has 0 saturated heterocycles. The van der Waals surface area contributed by atoms with Crippen molar-refractivity contribution in [2.75, 3.05) is 4.90 Å². The van der Waals surface area contributed by atoms with E-state index in [2.05, 4.69) is 193 Å². The predicted octanol–water partition coefficient (Wildman–Crippen LogP) is 13.8. The van der Waals surface area contributed by atoms with Crippen molar-refractivity contribution in [1.29, 1.82) is 0 Å². The van der Waals surface area contributed by atoms with Gasteiger partial charge in [0.1, 0.15) is 11.2 Å². The van der Waals surface area contributed by atoms with Gasteiger partial charge in [0.15, 0.2) is 0 Å². The van der Waals surface area contributed by atoms with Crippen molar-refractivity contribution in [3.63, 3.8) is 0 Å². The Morgan fingerprint density at radius 3 is 1.46 bits per heavy atom. The largest absolute Gasteiger partial charge is 0.456 e. The van der Waals surface area contributed by atoms with E-state index in [-0.39, 0.29) is 0 Å². The third-order valence-corrected chi connectivity index (χ3v) is 10.0. The normalized spacial score (nSPS) is 11.6. The summed E-state index contributed by atoms with van der Waals surface area (Å²) in [5, 5.41) is 7.41. The van der Waals surface area contributed by atoms with Gasteiger partial charge < -0.3 is 9.32 Å². The lowest BCUT2D eigenvalue weighted by molar-refractivity contribution is 0.669. The van der Waals surface area contributed by atoms with Crippen LogP contribution in [0.1, 0.15) is 0 Å². The standard InChI is InChI=1S/C48H31NO/c1-3-11-32(12-4-1)33-23-26-39(27-24-33)49(38-16-5-2-6-17-38)40-18-8-15-36(30-40)34-13-7-14-35(29-34)37-25-28-41-42-19-9-21-45-47(42)48-43(44(41)31-37)20-10-22-46(48)50-45/h1-31H. The van der Waals surface area contributed by atoms with Crippen molar-refractivity contribution in [3.05, 3.63) is 188 Å². The summed E-state index contributed by atoms with van der Waals surface area (Å²) in [5.41, 5.74) is 12.4. The molecule has 2 nitrogen and oxygen atoms in total. The molecule has 10 rings (SSSR count). The van der Waals surface area contributed by atoms with Gasteiger partial charge in [-0.25, -0.2) is 0 Å². The number of hydrogen-bond acceptors (Lipinski definition) is 2. The highest BCUT2D eigenvalue weighted by atomic mass is 16.3.